The van der Waals surface area contributed by atoms with Crippen molar-refractivity contribution < 1.29 is 9.84 Å². The van der Waals surface area contributed by atoms with Gasteiger partial charge in [0.1, 0.15) is 11.8 Å². The quantitative estimate of drug-likeness (QED) is 0.849. The molecule has 21 heavy (non-hydrogen) atoms. The van der Waals surface area contributed by atoms with Gasteiger partial charge in [-0.25, -0.2) is 0 Å². The Hall–Kier alpha value is -1.61. The molecule has 1 atom stereocenters. The molecular weight excluding hydrogens is 266 g/mol. The Balaban J connectivity index is 1.80. The first-order valence-electron chi connectivity index (χ1n) is 7.42. The Morgan fingerprint density at radius 1 is 1.19 bits per heavy atom. The predicted octanol–water partition coefficient (Wildman–Crippen LogP) is 1.09. The first-order chi connectivity index (χ1) is 10.2. The molecule has 0 aliphatic carbocycles. The maximum absolute atomic E-state index is 8.94. The number of aliphatic hydroxyl groups is 1. The van der Waals surface area contributed by atoms with Gasteiger partial charge < -0.3 is 9.84 Å². The smallest absolute Gasteiger partial charge is 0.181 e. The van der Waals surface area contributed by atoms with Gasteiger partial charge in [0, 0.05) is 39.3 Å². The van der Waals surface area contributed by atoms with Crippen molar-refractivity contribution in [3.05, 3.63) is 29.8 Å². The maximum Gasteiger partial charge on any atom is 0.181 e. The number of benzene rings is 1. The van der Waals surface area contributed by atoms with Gasteiger partial charge >= 0.3 is 0 Å². The SMILES string of the molecule is CC(C#N)Oc1ccc(CN2CCN(CCO)CC2)cc1. The molecule has 1 N–H and O–H groups in total. The standard InChI is InChI=1S/C16H23N3O2/c1-14(12-17)21-16-4-2-15(3-5-16)13-19-8-6-18(7-9-19)10-11-20/h2-5,14,20H,6-11,13H2,1H3. The van der Waals surface area contributed by atoms with E-state index in [4.69, 9.17) is 15.1 Å². The van der Waals surface area contributed by atoms with Crippen molar-refractivity contribution in [1.82, 2.24) is 9.80 Å². The Bertz CT molecular complexity index is 461. The molecule has 114 valence electrons. The van der Waals surface area contributed by atoms with E-state index in [1.807, 2.05) is 12.1 Å². The molecule has 1 heterocycles. The largest absolute Gasteiger partial charge is 0.476 e. The molecule has 0 amide bonds. The molecule has 2 rings (SSSR count). The number of ether oxygens (including phenoxy) is 1. The van der Waals surface area contributed by atoms with E-state index in [0.717, 1.165) is 45.0 Å². The number of rotatable bonds is 6. The molecule has 0 radical (unpaired) electrons. The molecular formula is C16H23N3O2. The summed E-state index contributed by atoms with van der Waals surface area (Å²) in [6.45, 7) is 7.77. The van der Waals surface area contributed by atoms with Crippen LogP contribution in [0.2, 0.25) is 0 Å². The molecule has 1 aromatic carbocycles. The molecule has 1 fully saturated rings. The summed E-state index contributed by atoms with van der Waals surface area (Å²) in [7, 11) is 0. The van der Waals surface area contributed by atoms with Crippen LogP contribution in [0, 0.1) is 11.3 Å². The minimum absolute atomic E-state index is 0.239. The van der Waals surface area contributed by atoms with Gasteiger partial charge in [-0.1, -0.05) is 12.1 Å². The minimum atomic E-state index is -0.421. The molecule has 0 spiro atoms. The normalized spacial score (nSPS) is 18.1. The van der Waals surface area contributed by atoms with Crippen molar-refractivity contribution in [2.45, 2.75) is 19.6 Å². The molecule has 1 aromatic rings. The highest BCUT2D eigenvalue weighted by molar-refractivity contribution is 5.27. The number of β-amino-alcohol motifs (C(OH)–C–C–N with tert-alkyl or cyclic N) is 1. The fourth-order valence-corrected chi connectivity index (χ4v) is 2.47. The molecule has 1 unspecified atom stereocenters. The summed E-state index contributed by atoms with van der Waals surface area (Å²) in [6.07, 6.45) is -0.421. The van der Waals surface area contributed by atoms with Gasteiger partial charge in [-0.3, -0.25) is 9.80 Å². The van der Waals surface area contributed by atoms with Crippen LogP contribution in [0.25, 0.3) is 0 Å². The van der Waals surface area contributed by atoms with Gasteiger partial charge in [0.2, 0.25) is 0 Å². The third-order valence-corrected chi connectivity index (χ3v) is 3.71. The zero-order valence-electron chi connectivity index (χ0n) is 12.5. The summed E-state index contributed by atoms with van der Waals surface area (Å²) in [4.78, 5) is 4.71. The summed E-state index contributed by atoms with van der Waals surface area (Å²) in [6, 6.07) is 10.0. The topological polar surface area (TPSA) is 59.7 Å². The van der Waals surface area contributed by atoms with E-state index in [1.54, 1.807) is 6.92 Å². The molecule has 1 aliphatic rings. The lowest BCUT2D eigenvalue weighted by molar-refractivity contribution is 0.108. The number of hydrogen-bond acceptors (Lipinski definition) is 5. The monoisotopic (exact) mass is 289 g/mol. The van der Waals surface area contributed by atoms with Crippen molar-refractivity contribution in [2.75, 3.05) is 39.3 Å². The highest BCUT2D eigenvalue weighted by Crippen LogP contribution is 2.15. The van der Waals surface area contributed by atoms with E-state index >= 15 is 0 Å². The molecule has 0 saturated carbocycles. The second-order valence-electron chi connectivity index (χ2n) is 5.37. The highest BCUT2D eigenvalue weighted by atomic mass is 16.5. The van der Waals surface area contributed by atoms with Crippen molar-refractivity contribution >= 4 is 0 Å². The summed E-state index contributed by atoms with van der Waals surface area (Å²) >= 11 is 0. The van der Waals surface area contributed by atoms with Gasteiger partial charge in [0.15, 0.2) is 6.10 Å². The number of hydrogen-bond donors (Lipinski definition) is 1. The second-order valence-corrected chi connectivity index (χ2v) is 5.37. The van der Waals surface area contributed by atoms with Gasteiger partial charge in [-0.05, 0) is 24.6 Å². The number of aliphatic hydroxyl groups excluding tert-OH is 1. The maximum atomic E-state index is 8.94. The third-order valence-electron chi connectivity index (χ3n) is 3.71. The number of nitrogens with zero attached hydrogens (tertiary/aromatic N) is 3. The van der Waals surface area contributed by atoms with Crippen molar-refractivity contribution in [3.8, 4) is 11.8 Å². The fourth-order valence-electron chi connectivity index (χ4n) is 2.47. The molecule has 5 nitrogen and oxygen atoms in total. The fraction of sp³-hybridized carbons (Fsp3) is 0.562. The Morgan fingerprint density at radius 3 is 2.38 bits per heavy atom. The van der Waals surface area contributed by atoms with E-state index in [2.05, 4.69) is 28.0 Å². The Morgan fingerprint density at radius 2 is 1.81 bits per heavy atom. The van der Waals surface area contributed by atoms with Crippen LogP contribution in [-0.4, -0.2) is 60.3 Å². The van der Waals surface area contributed by atoms with Crippen LogP contribution in [0.15, 0.2) is 24.3 Å². The van der Waals surface area contributed by atoms with Gasteiger partial charge in [-0.2, -0.15) is 5.26 Å². The lowest BCUT2D eigenvalue weighted by Gasteiger charge is -2.34. The molecule has 1 saturated heterocycles. The van der Waals surface area contributed by atoms with E-state index in [1.165, 1.54) is 5.56 Å². The van der Waals surface area contributed by atoms with Crippen LogP contribution in [0.4, 0.5) is 0 Å². The van der Waals surface area contributed by atoms with Crippen molar-refractivity contribution in [2.24, 2.45) is 0 Å². The number of piperazine rings is 1. The van der Waals surface area contributed by atoms with E-state index in [0.29, 0.717) is 0 Å². The van der Waals surface area contributed by atoms with Crippen LogP contribution < -0.4 is 4.74 Å². The lowest BCUT2D eigenvalue weighted by Crippen LogP contribution is -2.46. The lowest BCUT2D eigenvalue weighted by atomic mass is 10.2. The van der Waals surface area contributed by atoms with Crippen LogP contribution in [0.5, 0.6) is 5.75 Å². The second kappa shape index (κ2) is 7.99. The molecule has 0 aromatic heterocycles. The summed E-state index contributed by atoms with van der Waals surface area (Å²) in [5, 5.41) is 17.7. The first-order valence-corrected chi connectivity index (χ1v) is 7.42. The van der Waals surface area contributed by atoms with Crippen molar-refractivity contribution in [1.29, 1.82) is 5.26 Å². The van der Waals surface area contributed by atoms with E-state index in [-0.39, 0.29) is 6.61 Å². The van der Waals surface area contributed by atoms with Gasteiger partial charge in [0.05, 0.1) is 6.61 Å². The minimum Gasteiger partial charge on any atom is -0.476 e. The van der Waals surface area contributed by atoms with Crippen LogP contribution in [0.3, 0.4) is 0 Å². The average Bonchev–Trinajstić information content (AvgIpc) is 2.51. The van der Waals surface area contributed by atoms with Crippen LogP contribution >= 0.6 is 0 Å². The molecule has 1 aliphatic heterocycles. The zero-order valence-corrected chi connectivity index (χ0v) is 12.5. The highest BCUT2D eigenvalue weighted by Gasteiger charge is 2.16. The van der Waals surface area contributed by atoms with Gasteiger partial charge in [0.25, 0.3) is 0 Å². The Labute approximate surface area is 126 Å². The van der Waals surface area contributed by atoms with Crippen molar-refractivity contribution in [3.63, 3.8) is 0 Å². The Kier molecular flexibility index (Phi) is 6.00. The zero-order chi connectivity index (χ0) is 15.1. The summed E-state index contributed by atoms with van der Waals surface area (Å²) in [5.41, 5.74) is 1.25. The van der Waals surface area contributed by atoms with E-state index < -0.39 is 6.10 Å². The van der Waals surface area contributed by atoms with Crippen LogP contribution in [0.1, 0.15) is 12.5 Å². The average molecular weight is 289 g/mol. The molecule has 5 heteroatoms. The van der Waals surface area contributed by atoms with E-state index in [9.17, 15) is 0 Å². The third kappa shape index (κ3) is 5.01. The summed E-state index contributed by atoms with van der Waals surface area (Å²) < 4.78 is 5.44. The molecule has 0 bridgehead atoms. The predicted molar refractivity (Wildman–Crippen MR) is 80.9 cm³/mol. The van der Waals surface area contributed by atoms with Gasteiger partial charge in [-0.15, -0.1) is 0 Å². The number of nitriles is 1. The van der Waals surface area contributed by atoms with Crippen LogP contribution in [-0.2, 0) is 6.54 Å². The summed E-state index contributed by atoms with van der Waals surface area (Å²) in [5.74, 6) is 0.737. The first kappa shape index (κ1) is 15.8.